The first-order chi connectivity index (χ1) is 43.6. The summed E-state index contributed by atoms with van der Waals surface area (Å²) in [5.74, 6) is 0. The zero-order valence-corrected chi connectivity index (χ0v) is 56.5. The first-order valence-corrected chi connectivity index (χ1v) is 33.6. The molecule has 6 nitrogen and oxygen atoms in total. The summed E-state index contributed by atoms with van der Waals surface area (Å²) in [7, 11) is 0. The van der Waals surface area contributed by atoms with Crippen LogP contribution in [0.4, 0.5) is 0 Å². The van der Waals surface area contributed by atoms with Gasteiger partial charge in [-0.3, -0.25) is 9.97 Å². The number of thiazole rings is 2. The van der Waals surface area contributed by atoms with Crippen molar-refractivity contribution in [2.24, 2.45) is 0 Å². The molecule has 0 saturated carbocycles. The second-order valence-electron chi connectivity index (χ2n) is 21.0. The van der Waals surface area contributed by atoms with Gasteiger partial charge in [0.05, 0.1) is 11.0 Å². The molecule has 14 heteroatoms. The minimum atomic E-state index is 0. The summed E-state index contributed by atoms with van der Waals surface area (Å²) in [6.07, 6.45) is 3.66. The van der Waals surface area contributed by atoms with Crippen LogP contribution in [0.2, 0.25) is 0 Å². The Labute approximate surface area is 570 Å². The molecule has 90 heavy (non-hydrogen) atoms. The molecule has 0 aliphatic heterocycles. The molecule has 0 radical (unpaired) electrons. The topological polar surface area (TPSA) is 61.4 Å². The van der Waals surface area contributed by atoms with Gasteiger partial charge in [-0.1, -0.05) is 107 Å². The van der Waals surface area contributed by atoms with Crippen molar-refractivity contribution in [3.05, 3.63) is 277 Å². The van der Waals surface area contributed by atoms with Crippen molar-refractivity contribution in [2.45, 2.75) is 0 Å². The minimum Gasteiger partial charge on any atom is -0.346 e. The SMILES string of the molecule is [Pt+2].[Pt+2].[c-]1c(-c2ccccn2)cc(-c2cccs2)cc1-n1c2[c-]c(-c3nc4ccc(-c5cccs5)cc4s3)ccc2c2ccccc21.[c-]1c(-c2ccccn2)cccc1-n1c2[c-]c(-c3nc4cc(-c5cccs5)ccc4s3)ccc2c2cc(-c3cccs3)ccc21. The normalized spacial score (nSPS) is 11.4. The van der Waals surface area contributed by atoms with Gasteiger partial charge in [-0.25, -0.2) is 0 Å². The van der Waals surface area contributed by atoms with Gasteiger partial charge in [0.1, 0.15) is 0 Å². The fourth-order valence-corrected chi connectivity index (χ4v) is 16.4. The zero-order chi connectivity index (χ0) is 58.1. The molecule has 0 aliphatic carbocycles. The third-order valence-corrected chi connectivity index (χ3v) is 21.5. The van der Waals surface area contributed by atoms with Gasteiger partial charge in [-0.05, 0) is 156 Å². The van der Waals surface area contributed by atoms with Crippen molar-refractivity contribution < 1.29 is 42.1 Å². The smallest absolute Gasteiger partial charge is 0.346 e. The van der Waals surface area contributed by atoms with Crippen molar-refractivity contribution in [3.8, 4) is 96.8 Å². The van der Waals surface area contributed by atoms with Crippen molar-refractivity contribution >= 4 is 132 Å². The average Bonchev–Trinajstić information content (AvgIpc) is 1.61. The number of benzene rings is 8. The summed E-state index contributed by atoms with van der Waals surface area (Å²) < 4.78 is 6.92. The summed E-state index contributed by atoms with van der Waals surface area (Å²) in [5.41, 5.74) is 18.7. The first kappa shape index (κ1) is 58.0. The fraction of sp³-hybridized carbons (Fsp3) is 0. The van der Waals surface area contributed by atoms with E-state index in [2.05, 4.69) is 247 Å². The largest absolute Gasteiger partial charge is 2.00 e. The number of rotatable bonds is 10. The number of fused-ring (bicyclic) bond motifs is 8. The summed E-state index contributed by atoms with van der Waals surface area (Å²) in [6.45, 7) is 0. The molecule has 10 aromatic heterocycles. The van der Waals surface area contributed by atoms with Crippen LogP contribution in [-0.4, -0.2) is 29.1 Å². The van der Waals surface area contributed by atoms with E-state index in [-0.39, 0.29) is 42.1 Å². The number of nitrogens with zero attached hydrogens (tertiary/aromatic N) is 6. The minimum absolute atomic E-state index is 0. The molecule has 10 heterocycles. The maximum Gasteiger partial charge on any atom is 2.00 e. The predicted octanol–water partition coefficient (Wildman–Crippen LogP) is 22.4. The molecule has 0 aliphatic rings. The monoisotopic (exact) mass is 1620 g/mol. The number of hydrogen-bond donors (Lipinski definition) is 0. The van der Waals surface area contributed by atoms with E-state index in [1.807, 2.05) is 48.8 Å². The van der Waals surface area contributed by atoms with E-state index < -0.39 is 0 Å². The molecule has 432 valence electrons. The van der Waals surface area contributed by atoms with Crippen LogP contribution in [0.1, 0.15) is 0 Å². The van der Waals surface area contributed by atoms with Crippen LogP contribution in [0.25, 0.3) is 161 Å². The molecule has 0 bridgehead atoms. The molecule has 0 fully saturated rings. The Hall–Kier alpha value is -8.38. The van der Waals surface area contributed by atoms with Gasteiger partial charge in [0, 0.05) is 62.4 Å². The van der Waals surface area contributed by atoms with Gasteiger partial charge in [0.15, 0.2) is 0 Å². The molecule has 0 N–H and O–H groups in total. The van der Waals surface area contributed by atoms with E-state index >= 15 is 0 Å². The van der Waals surface area contributed by atoms with Gasteiger partial charge < -0.3 is 19.1 Å². The molecule has 0 unspecified atom stereocenters. The molecule has 0 atom stereocenters. The summed E-state index contributed by atoms with van der Waals surface area (Å²) in [4.78, 5) is 24.4. The van der Waals surface area contributed by atoms with Crippen LogP contribution in [-0.2, 0) is 42.1 Å². The van der Waals surface area contributed by atoms with Crippen molar-refractivity contribution in [1.82, 2.24) is 29.1 Å². The molecule has 8 aromatic carbocycles. The van der Waals surface area contributed by atoms with Crippen LogP contribution in [0.5, 0.6) is 0 Å². The number of para-hydroxylation sites is 1. The van der Waals surface area contributed by atoms with Crippen LogP contribution in [0.15, 0.2) is 252 Å². The molecule has 18 aromatic rings. The number of thiophene rings is 4. The van der Waals surface area contributed by atoms with E-state index in [1.54, 1.807) is 68.0 Å². The molecule has 0 saturated heterocycles. The van der Waals surface area contributed by atoms with Crippen LogP contribution in [0.3, 0.4) is 0 Å². The van der Waals surface area contributed by atoms with Crippen molar-refractivity contribution in [1.29, 1.82) is 0 Å². The molecular weight excluding hydrogens is 1580 g/mol. The maximum absolute atomic E-state index is 5.09. The molecular formula is C76H42N6Pt2S6. The Kier molecular flexibility index (Phi) is 16.0. The van der Waals surface area contributed by atoms with Gasteiger partial charge in [-0.15, -0.1) is 146 Å². The number of aromatic nitrogens is 6. The Balaban J connectivity index is 0.000000147. The second kappa shape index (κ2) is 24.8. The Morgan fingerprint density at radius 2 is 0.867 bits per heavy atom. The van der Waals surface area contributed by atoms with Crippen molar-refractivity contribution in [3.63, 3.8) is 0 Å². The van der Waals surface area contributed by atoms with Gasteiger partial charge in [0.2, 0.25) is 0 Å². The van der Waals surface area contributed by atoms with Gasteiger partial charge in [0.25, 0.3) is 0 Å². The van der Waals surface area contributed by atoms with E-state index in [0.717, 1.165) is 104 Å². The predicted molar refractivity (Wildman–Crippen MR) is 374 cm³/mol. The van der Waals surface area contributed by atoms with Crippen LogP contribution in [0, 0.1) is 24.3 Å². The molecule has 0 spiro atoms. The van der Waals surface area contributed by atoms with Crippen LogP contribution < -0.4 is 0 Å². The molecule has 0 amide bonds. The maximum atomic E-state index is 5.09. The van der Waals surface area contributed by atoms with Gasteiger partial charge in [-0.2, -0.15) is 22.7 Å². The Bertz CT molecular complexity index is 5580. The Morgan fingerprint density at radius 1 is 0.322 bits per heavy atom. The van der Waals surface area contributed by atoms with E-state index in [0.29, 0.717) is 0 Å². The first-order valence-electron chi connectivity index (χ1n) is 28.4. The zero-order valence-electron chi connectivity index (χ0n) is 47.0. The summed E-state index contributed by atoms with van der Waals surface area (Å²) in [6, 6.07) is 91.9. The summed E-state index contributed by atoms with van der Waals surface area (Å²) >= 11 is 10.4. The molecule has 18 rings (SSSR count). The van der Waals surface area contributed by atoms with E-state index in [9.17, 15) is 0 Å². The average molecular weight is 1620 g/mol. The number of hydrogen-bond acceptors (Lipinski definition) is 10. The Morgan fingerprint density at radius 3 is 1.52 bits per heavy atom. The fourth-order valence-electron chi connectivity index (χ4n) is 11.6. The van der Waals surface area contributed by atoms with Gasteiger partial charge >= 0.3 is 42.1 Å². The standard InChI is InChI=1S/2C38H21N3S3.2Pt/c1-2-17-39-31(8-1)24-6-3-7-28(20-24)41-33-15-12-25(35-9-4-18-42-35)21-30(33)29-14-11-27(23-34(29)41)38-40-32-22-26(13-16-37(32)44-38)36-10-5-19-43-36;1-2-9-33-29(7-1)30-14-12-25(38-40-32-15-13-24(23-37(32)44-38)35-10-5-17-42-35)22-34(30)41(33)28-20-26(31-8-3-4-16-39-31)19-27(21-28)36-11-6-18-43-36;;/h1-19,21-22H;1-19,21,23H;;/q2*-2;2*+2. The van der Waals surface area contributed by atoms with E-state index in [4.69, 9.17) is 9.97 Å². The number of pyridine rings is 2. The van der Waals surface area contributed by atoms with Crippen LogP contribution >= 0.6 is 68.0 Å². The summed E-state index contributed by atoms with van der Waals surface area (Å²) in [5, 5.41) is 15.1. The second-order valence-corrected chi connectivity index (χ2v) is 26.9. The quantitative estimate of drug-likeness (QED) is 0.128. The third-order valence-electron chi connectivity index (χ3n) is 15.7. The third kappa shape index (κ3) is 10.8. The van der Waals surface area contributed by atoms with E-state index in [1.165, 1.54) is 56.4 Å². The van der Waals surface area contributed by atoms with Crippen molar-refractivity contribution in [2.75, 3.05) is 0 Å².